The van der Waals surface area contributed by atoms with Crippen LogP contribution in [0, 0.1) is 0 Å². The first kappa shape index (κ1) is 23.9. The average Bonchev–Trinajstić information content (AvgIpc) is 2.40. The van der Waals surface area contributed by atoms with Gasteiger partial charge in [-0.15, -0.1) is 0 Å². The molecule has 0 aliphatic carbocycles. The Balaban J connectivity index is 5.51. The Morgan fingerprint density at radius 3 is 2.16 bits per heavy atom. The van der Waals surface area contributed by atoms with Gasteiger partial charge in [0.05, 0.1) is 0 Å². The topological polar surface area (TPSA) is 112 Å². The predicted octanol–water partition coefficient (Wildman–Crippen LogP) is 2.07. The standard InChI is InChI=1S/C15H23NO6S2.Ni/c1-5-6-7-9-13(2)16(10-8-11-23(17,18)19)14(3)12-15(4)24(20,21)22;/h6-7,9,12H,3,8,10-11H2,1-2,4H3,(H,17,18,19)(H,20,21,22);/b7-6+,13-9+,15-12+;. The molecule has 0 saturated carbocycles. The number of nitrogens with zero attached hydrogens (tertiary/aromatic N) is 1. The van der Waals surface area contributed by atoms with Crippen molar-refractivity contribution in [2.45, 2.75) is 27.2 Å². The van der Waals surface area contributed by atoms with Gasteiger partial charge in [0, 0.05) is 0 Å². The van der Waals surface area contributed by atoms with Gasteiger partial charge < -0.3 is 0 Å². The van der Waals surface area contributed by atoms with Crippen LogP contribution in [0.4, 0.5) is 0 Å². The van der Waals surface area contributed by atoms with E-state index in [0.29, 0.717) is 10.2 Å². The number of hydrogen-bond donors (Lipinski definition) is 2. The fourth-order valence-electron chi connectivity index (χ4n) is 1.74. The van der Waals surface area contributed by atoms with Gasteiger partial charge in [0.15, 0.2) is 0 Å². The normalized spacial score (nSPS) is 14.0. The fraction of sp³-hybridized carbons (Fsp3) is 0.400. The van der Waals surface area contributed by atoms with Crippen molar-refractivity contribution in [3.8, 4) is 0 Å². The van der Waals surface area contributed by atoms with Gasteiger partial charge in [-0.05, 0) is 0 Å². The summed E-state index contributed by atoms with van der Waals surface area (Å²) in [5, 5.41) is 0. The van der Waals surface area contributed by atoms with Gasteiger partial charge in [0.25, 0.3) is 0 Å². The van der Waals surface area contributed by atoms with Gasteiger partial charge in [0.2, 0.25) is 0 Å². The van der Waals surface area contributed by atoms with Crippen LogP contribution in [0.2, 0.25) is 0 Å². The van der Waals surface area contributed by atoms with E-state index in [9.17, 15) is 16.8 Å². The van der Waals surface area contributed by atoms with Crippen molar-refractivity contribution in [3.05, 3.63) is 47.2 Å². The summed E-state index contributed by atoms with van der Waals surface area (Å²) in [5.41, 5.74) is 0.895. The molecule has 146 valence electrons. The summed E-state index contributed by atoms with van der Waals surface area (Å²) < 4.78 is 62.6. The molecule has 0 amide bonds. The number of hydrogen-bond acceptors (Lipinski definition) is 5. The Bertz CT molecular complexity index is 807. The van der Waals surface area contributed by atoms with E-state index < -0.39 is 26.0 Å². The zero-order valence-electron chi connectivity index (χ0n) is 14.2. The van der Waals surface area contributed by atoms with E-state index in [0.717, 1.165) is 0 Å². The Morgan fingerprint density at radius 2 is 1.72 bits per heavy atom. The summed E-state index contributed by atoms with van der Waals surface area (Å²) in [7, 11) is -8.44. The van der Waals surface area contributed by atoms with Crippen LogP contribution in [0.15, 0.2) is 47.2 Å². The van der Waals surface area contributed by atoms with Crippen molar-refractivity contribution in [2.75, 3.05) is 12.3 Å². The van der Waals surface area contributed by atoms with E-state index in [1.54, 1.807) is 37.0 Å². The maximum atomic E-state index is 11.1. The molecule has 0 unspecified atom stereocenters. The average molecular weight is 436 g/mol. The molecule has 0 fully saturated rings. The zero-order chi connectivity index (χ0) is 19.8. The molecule has 0 heterocycles. The van der Waals surface area contributed by atoms with Gasteiger partial charge >= 0.3 is 157 Å². The first-order valence-electron chi connectivity index (χ1n) is 7.12. The Hall–Kier alpha value is -1.06. The van der Waals surface area contributed by atoms with Crippen LogP contribution in [0.1, 0.15) is 27.2 Å². The molecule has 0 aromatic carbocycles. The second-order valence-corrected chi connectivity index (χ2v) is 9.16. The van der Waals surface area contributed by atoms with E-state index in [4.69, 9.17) is 9.11 Å². The molecule has 7 nitrogen and oxygen atoms in total. The molecule has 0 rings (SSSR count). The van der Waals surface area contributed by atoms with Crippen LogP contribution < -0.4 is 0 Å². The van der Waals surface area contributed by atoms with Crippen LogP contribution in [-0.2, 0) is 35.3 Å². The van der Waals surface area contributed by atoms with Crippen LogP contribution in [0.25, 0.3) is 0 Å². The second-order valence-electron chi connectivity index (χ2n) is 5.22. The Labute approximate surface area is 157 Å². The van der Waals surface area contributed by atoms with Crippen LogP contribution in [-0.4, -0.2) is 47.6 Å². The molecule has 0 spiro atoms. The summed E-state index contributed by atoms with van der Waals surface area (Å²) in [6.45, 7) is 8.63. The minimum atomic E-state index is -4.34. The molecule has 0 saturated heterocycles. The Kier molecular flexibility index (Phi) is 9.75. The molecule has 10 heteroatoms. The maximum absolute atomic E-state index is 11.1. The molecule has 0 radical (unpaired) electrons. The van der Waals surface area contributed by atoms with E-state index >= 15 is 0 Å². The molecule has 0 aliphatic rings. The van der Waals surface area contributed by atoms with Crippen LogP contribution >= 0.6 is 0 Å². The van der Waals surface area contributed by atoms with E-state index in [1.807, 2.05) is 0 Å². The molecule has 0 aromatic heterocycles. The molecule has 0 aliphatic heterocycles. The fourth-order valence-corrected chi connectivity index (χ4v) is 2.62. The summed E-state index contributed by atoms with van der Waals surface area (Å²) in [5.74, 6) is -0.443. The third-order valence-electron chi connectivity index (χ3n) is 2.99. The van der Waals surface area contributed by atoms with Gasteiger partial charge in [-0.1, -0.05) is 0 Å². The first-order chi connectivity index (χ1) is 11.2. The summed E-state index contributed by atoms with van der Waals surface area (Å²) in [6, 6.07) is 0. The van der Waals surface area contributed by atoms with Crippen molar-refractivity contribution < 1.29 is 41.0 Å². The van der Waals surface area contributed by atoms with Crippen LogP contribution in [0.5, 0.6) is 0 Å². The van der Waals surface area contributed by atoms with Gasteiger partial charge in [0.1, 0.15) is 0 Å². The Morgan fingerprint density at radius 1 is 1.16 bits per heavy atom. The van der Waals surface area contributed by atoms with E-state index in [1.165, 1.54) is 13.0 Å². The zero-order valence-corrected chi connectivity index (χ0v) is 16.9. The number of rotatable bonds is 10. The predicted molar refractivity (Wildman–Crippen MR) is 95.8 cm³/mol. The van der Waals surface area contributed by atoms with Gasteiger partial charge in [-0.25, -0.2) is 0 Å². The monoisotopic (exact) mass is 435 g/mol. The van der Waals surface area contributed by atoms with Crippen molar-refractivity contribution >= 4 is 24.7 Å². The van der Waals surface area contributed by atoms with Gasteiger partial charge in [-0.3, -0.25) is 0 Å². The minimum absolute atomic E-state index is 0.0970. The van der Waals surface area contributed by atoms with Crippen molar-refractivity contribution in [1.29, 1.82) is 0 Å². The third-order valence-corrected chi connectivity index (χ3v) is 4.89. The van der Waals surface area contributed by atoms with Gasteiger partial charge in [-0.2, -0.15) is 0 Å². The van der Waals surface area contributed by atoms with Crippen LogP contribution in [0.3, 0.4) is 0 Å². The number of allylic oxidation sites excluding steroid dienone is 6. The molecule has 0 atom stereocenters. The molecular weight excluding hydrogens is 413 g/mol. The first-order valence-corrected chi connectivity index (χ1v) is 10.7. The molecule has 25 heavy (non-hydrogen) atoms. The molecule has 0 bridgehead atoms. The summed E-state index contributed by atoms with van der Waals surface area (Å²) >= 11 is 4.63. The summed E-state index contributed by atoms with van der Waals surface area (Å²) in [4.78, 5) is 1.28. The van der Waals surface area contributed by atoms with Crippen molar-refractivity contribution in [2.24, 2.45) is 0 Å². The van der Waals surface area contributed by atoms with Crippen molar-refractivity contribution in [1.82, 2.24) is 4.90 Å². The SMILES string of the molecule is C=C(/C=C(\C)S(=O)(=O)O)N(CCCS(=O)(=O)O)/C(C)=C/C=C/[C](C)=[Ni]. The second kappa shape index (κ2) is 10.2. The molecule has 2 N–H and O–H groups in total. The quantitative estimate of drug-likeness (QED) is 0.306. The van der Waals surface area contributed by atoms with Crippen molar-refractivity contribution in [3.63, 3.8) is 0 Å². The van der Waals surface area contributed by atoms with E-state index in [2.05, 4.69) is 21.6 Å². The van der Waals surface area contributed by atoms with E-state index in [-0.39, 0.29) is 23.6 Å². The summed E-state index contributed by atoms with van der Waals surface area (Å²) in [6.07, 6.45) is 6.40. The third kappa shape index (κ3) is 11.2. The molecular formula is C15H23NNiO6S2. The molecule has 0 aromatic rings.